The minimum Gasteiger partial charge on any atom is -0.291 e. The SMILES string of the molecule is CCCCC1=CC(C)N2CCCC12. The van der Waals surface area contributed by atoms with E-state index in [1.165, 1.54) is 38.6 Å². The lowest BCUT2D eigenvalue weighted by Crippen LogP contribution is -2.30. The zero-order valence-corrected chi connectivity index (χ0v) is 8.92. The summed E-state index contributed by atoms with van der Waals surface area (Å²) in [5.74, 6) is 0. The first kappa shape index (κ1) is 9.26. The smallest absolute Gasteiger partial charge is 0.0314 e. The molecule has 2 aliphatic rings. The van der Waals surface area contributed by atoms with E-state index in [1.54, 1.807) is 5.57 Å². The summed E-state index contributed by atoms with van der Waals surface area (Å²) in [6, 6.07) is 1.56. The second-order valence-electron chi connectivity index (χ2n) is 4.48. The Bertz CT molecular complexity index is 207. The molecule has 1 fully saturated rings. The summed E-state index contributed by atoms with van der Waals surface area (Å²) >= 11 is 0. The highest BCUT2D eigenvalue weighted by Crippen LogP contribution is 2.34. The van der Waals surface area contributed by atoms with Gasteiger partial charge in [-0.05, 0) is 39.2 Å². The van der Waals surface area contributed by atoms with Gasteiger partial charge < -0.3 is 0 Å². The van der Waals surface area contributed by atoms with Crippen molar-refractivity contribution in [3.63, 3.8) is 0 Å². The molecule has 0 N–H and O–H groups in total. The summed E-state index contributed by atoms with van der Waals surface area (Å²) < 4.78 is 0. The third kappa shape index (κ3) is 1.67. The maximum absolute atomic E-state index is 2.67. The summed E-state index contributed by atoms with van der Waals surface area (Å²) in [5, 5.41) is 0. The van der Waals surface area contributed by atoms with Crippen LogP contribution in [0.5, 0.6) is 0 Å². The van der Waals surface area contributed by atoms with Crippen LogP contribution in [0.2, 0.25) is 0 Å². The molecule has 2 unspecified atom stereocenters. The Morgan fingerprint density at radius 2 is 2.38 bits per heavy atom. The molecule has 0 bridgehead atoms. The molecule has 0 spiro atoms. The van der Waals surface area contributed by atoms with Crippen molar-refractivity contribution in [2.75, 3.05) is 6.54 Å². The van der Waals surface area contributed by atoms with Crippen LogP contribution in [0.1, 0.15) is 46.0 Å². The summed E-state index contributed by atoms with van der Waals surface area (Å²) in [4.78, 5) is 2.67. The molecule has 0 saturated carbocycles. The second-order valence-corrected chi connectivity index (χ2v) is 4.48. The van der Waals surface area contributed by atoms with Crippen LogP contribution in [0.3, 0.4) is 0 Å². The molecule has 2 heterocycles. The van der Waals surface area contributed by atoms with Gasteiger partial charge in [0.2, 0.25) is 0 Å². The minimum atomic E-state index is 0.722. The molecule has 1 heteroatoms. The van der Waals surface area contributed by atoms with Gasteiger partial charge >= 0.3 is 0 Å². The van der Waals surface area contributed by atoms with Crippen LogP contribution in [0.4, 0.5) is 0 Å². The fourth-order valence-electron chi connectivity index (χ4n) is 2.82. The molecule has 0 amide bonds. The molecule has 0 radical (unpaired) electrons. The molecular weight excluding hydrogens is 158 g/mol. The van der Waals surface area contributed by atoms with E-state index in [0.717, 1.165) is 12.1 Å². The Kier molecular flexibility index (Phi) is 2.73. The lowest BCUT2D eigenvalue weighted by atomic mass is 10.0. The number of hydrogen-bond acceptors (Lipinski definition) is 1. The van der Waals surface area contributed by atoms with Crippen LogP contribution in [-0.2, 0) is 0 Å². The number of nitrogens with zero attached hydrogens (tertiary/aromatic N) is 1. The maximum Gasteiger partial charge on any atom is 0.0314 e. The van der Waals surface area contributed by atoms with Gasteiger partial charge in [-0.1, -0.05) is 25.0 Å². The van der Waals surface area contributed by atoms with Gasteiger partial charge in [0.1, 0.15) is 0 Å². The van der Waals surface area contributed by atoms with Crippen molar-refractivity contribution >= 4 is 0 Å². The average Bonchev–Trinajstić information content (AvgIpc) is 2.67. The largest absolute Gasteiger partial charge is 0.291 e. The van der Waals surface area contributed by atoms with Gasteiger partial charge in [-0.2, -0.15) is 0 Å². The predicted molar refractivity (Wildman–Crippen MR) is 56.8 cm³/mol. The fraction of sp³-hybridized carbons (Fsp3) is 0.833. The van der Waals surface area contributed by atoms with Crippen molar-refractivity contribution < 1.29 is 0 Å². The van der Waals surface area contributed by atoms with Crippen LogP contribution in [0.25, 0.3) is 0 Å². The van der Waals surface area contributed by atoms with E-state index in [4.69, 9.17) is 0 Å². The summed E-state index contributed by atoms with van der Waals surface area (Å²) in [5.41, 5.74) is 1.74. The van der Waals surface area contributed by atoms with E-state index in [1.807, 2.05) is 0 Å². The predicted octanol–water partition coefficient (Wildman–Crippen LogP) is 2.97. The molecule has 2 aliphatic heterocycles. The van der Waals surface area contributed by atoms with Gasteiger partial charge in [-0.15, -0.1) is 0 Å². The molecule has 1 saturated heterocycles. The molecule has 0 aromatic rings. The van der Waals surface area contributed by atoms with E-state index in [2.05, 4.69) is 24.8 Å². The van der Waals surface area contributed by atoms with Crippen molar-refractivity contribution in [2.45, 2.75) is 58.0 Å². The van der Waals surface area contributed by atoms with Crippen molar-refractivity contribution in [1.29, 1.82) is 0 Å². The highest BCUT2D eigenvalue weighted by molar-refractivity contribution is 5.23. The lowest BCUT2D eigenvalue weighted by Gasteiger charge is -2.21. The Morgan fingerprint density at radius 1 is 1.54 bits per heavy atom. The van der Waals surface area contributed by atoms with Crippen LogP contribution >= 0.6 is 0 Å². The first-order chi connectivity index (χ1) is 6.33. The van der Waals surface area contributed by atoms with Crippen LogP contribution in [-0.4, -0.2) is 23.5 Å². The second kappa shape index (κ2) is 3.83. The molecule has 0 aromatic carbocycles. The molecule has 0 aliphatic carbocycles. The number of hydrogen-bond donors (Lipinski definition) is 0. The third-order valence-corrected chi connectivity index (χ3v) is 3.52. The zero-order valence-electron chi connectivity index (χ0n) is 8.92. The molecule has 74 valence electrons. The first-order valence-corrected chi connectivity index (χ1v) is 5.79. The maximum atomic E-state index is 2.67. The van der Waals surface area contributed by atoms with E-state index < -0.39 is 0 Å². The van der Waals surface area contributed by atoms with Crippen LogP contribution < -0.4 is 0 Å². The zero-order chi connectivity index (χ0) is 9.26. The topological polar surface area (TPSA) is 3.24 Å². The van der Waals surface area contributed by atoms with Crippen LogP contribution in [0, 0.1) is 0 Å². The third-order valence-electron chi connectivity index (χ3n) is 3.52. The van der Waals surface area contributed by atoms with E-state index >= 15 is 0 Å². The molecule has 1 nitrogen and oxygen atoms in total. The highest BCUT2D eigenvalue weighted by atomic mass is 15.2. The summed E-state index contributed by atoms with van der Waals surface area (Å²) in [6.45, 7) is 5.96. The van der Waals surface area contributed by atoms with Crippen molar-refractivity contribution in [3.8, 4) is 0 Å². The number of unbranched alkanes of at least 4 members (excludes halogenated alkanes) is 1. The van der Waals surface area contributed by atoms with Crippen molar-refractivity contribution in [3.05, 3.63) is 11.6 Å². The number of fused-ring (bicyclic) bond motifs is 1. The fourth-order valence-corrected chi connectivity index (χ4v) is 2.82. The van der Waals surface area contributed by atoms with Gasteiger partial charge in [0.25, 0.3) is 0 Å². The van der Waals surface area contributed by atoms with Crippen LogP contribution in [0.15, 0.2) is 11.6 Å². The Balaban J connectivity index is 1.98. The first-order valence-electron chi connectivity index (χ1n) is 5.79. The molecule has 2 rings (SSSR count). The lowest BCUT2D eigenvalue weighted by molar-refractivity contribution is 0.270. The molecule has 0 aromatic heterocycles. The Hall–Kier alpha value is -0.300. The monoisotopic (exact) mass is 179 g/mol. The highest BCUT2D eigenvalue weighted by Gasteiger charge is 2.34. The van der Waals surface area contributed by atoms with Crippen molar-refractivity contribution in [1.82, 2.24) is 4.90 Å². The number of rotatable bonds is 3. The van der Waals surface area contributed by atoms with Gasteiger partial charge in [-0.25, -0.2) is 0 Å². The van der Waals surface area contributed by atoms with Gasteiger partial charge in [0, 0.05) is 12.1 Å². The molecule has 13 heavy (non-hydrogen) atoms. The normalized spacial score (nSPS) is 33.5. The minimum absolute atomic E-state index is 0.722. The standard InChI is InChI=1S/C12H21N/c1-3-4-6-11-9-10(2)13-8-5-7-12(11)13/h9-10,12H,3-8H2,1-2H3. The molecule has 2 atom stereocenters. The summed E-state index contributed by atoms with van der Waals surface area (Å²) in [6.07, 6.45) is 9.40. The quantitative estimate of drug-likeness (QED) is 0.602. The average molecular weight is 179 g/mol. The Morgan fingerprint density at radius 3 is 3.15 bits per heavy atom. The Labute approximate surface area is 81.8 Å². The van der Waals surface area contributed by atoms with Gasteiger partial charge in [0.15, 0.2) is 0 Å². The molecular formula is C12H21N. The summed E-state index contributed by atoms with van der Waals surface area (Å²) in [7, 11) is 0. The van der Waals surface area contributed by atoms with Gasteiger partial charge in [0.05, 0.1) is 0 Å². The van der Waals surface area contributed by atoms with E-state index in [-0.39, 0.29) is 0 Å². The van der Waals surface area contributed by atoms with E-state index in [9.17, 15) is 0 Å². The van der Waals surface area contributed by atoms with Crippen molar-refractivity contribution in [2.24, 2.45) is 0 Å². The van der Waals surface area contributed by atoms with E-state index in [0.29, 0.717) is 0 Å². The van der Waals surface area contributed by atoms with Gasteiger partial charge in [-0.3, -0.25) is 4.90 Å².